The number of amides is 5. The van der Waals surface area contributed by atoms with Gasteiger partial charge in [0, 0.05) is 31.3 Å². The van der Waals surface area contributed by atoms with Gasteiger partial charge in [0.15, 0.2) is 0 Å². The van der Waals surface area contributed by atoms with E-state index in [9.17, 15) is 33.9 Å². The van der Waals surface area contributed by atoms with E-state index in [1.807, 2.05) is 0 Å². The SMILES string of the molecule is CC(C)C.CCCC.CCNC(=O)C(NC(=O)CC(O)CNC(=O)C(CC)NC(=O)CNC(=O)c1cccc(C=O)c1)C(C)C.CO. The van der Waals surface area contributed by atoms with Crippen molar-refractivity contribution in [2.45, 2.75) is 106 Å². The van der Waals surface area contributed by atoms with Crippen LogP contribution in [0.1, 0.15) is 109 Å². The summed E-state index contributed by atoms with van der Waals surface area (Å²) in [6.45, 7) is 17.7. The highest BCUT2D eigenvalue weighted by molar-refractivity contribution is 5.98. The normalized spacial score (nSPS) is 11.8. The molecule has 1 aromatic carbocycles. The van der Waals surface area contributed by atoms with Gasteiger partial charge in [-0.15, -0.1) is 0 Å². The van der Waals surface area contributed by atoms with Crippen LogP contribution in [0, 0.1) is 11.8 Å². The lowest BCUT2D eigenvalue weighted by Crippen LogP contribution is -2.51. The fourth-order valence-electron chi connectivity index (χ4n) is 3.29. The van der Waals surface area contributed by atoms with E-state index in [0.717, 1.165) is 13.0 Å². The molecule has 0 radical (unpaired) electrons. The molecule has 0 saturated heterocycles. The summed E-state index contributed by atoms with van der Waals surface area (Å²) in [5.74, 6) is -1.91. The van der Waals surface area contributed by atoms with Crippen molar-refractivity contribution < 1.29 is 39.0 Å². The fraction of sp³-hybridized carbons (Fsp3) is 0.647. The van der Waals surface area contributed by atoms with Crippen LogP contribution in [0.5, 0.6) is 0 Å². The molecule has 3 unspecified atom stereocenters. The molecule has 13 heteroatoms. The Bertz CT molecular complexity index is 1040. The van der Waals surface area contributed by atoms with Crippen molar-refractivity contribution in [2.75, 3.05) is 26.7 Å². The number of likely N-dealkylation sites (N-methyl/N-ethyl adjacent to an activating group) is 1. The van der Waals surface area contributed by atoms with Crippen LogP contribution in [-0.4, -0.2) is 91.0 Å². The Kier molecular flexibility index (Phi) is 29.9. The number of hydrogen-bond acceptors (Lipinski definition) is 8. The number of carbonyl (C=O) groups is 6. The smallest absolute Gasteiger partial charge is 0.251 e. The van der Waals surface area contributed by atoms with Gasteiger partial charge in [0.2, 0.25) is 23.6 Å². The predicted octanol–water partition coefficient (Wildman–Crippen LogP) is 2.35. The van der Waals surface area contributed by atoms with Crippen LogP contribution >= 0.6 is 0 Å². The molecule has 3 atom stereocenters. The van der Waals surface area contributed by atoms with Gasteiger partial charge < -0.3 is 36.8 Å². The van der Waals surface area contributed by atoms with Crippen molar-refractivity contribution in [1.29, 1.82) is 0 Å². The topological polar surface area (TPSA) is 203 Å². The first kappa shape index (κ1) is 47.6. The molecule has 0 aromatic heterocycles. The van der Waals surface area contributed by atoms with Crippen LogP contribution in [0.4, 0.5) is 0 Å². The lowest BCUT2D eigenvalue weighted by molar-refractivity contribution is -0.131. The second-order valence-electron chi connectivity index (χ2n) is 11.5. The second kappa shape index (κ2) is 29.6. The van der Waals surface area contributed by atoms with Crippen molar-refractivity contribution >= 4 is 35.8 Å². The molecule has 270 valence electrons. The molecular formula is C34H61N5O8. The first-order valence-corrected chi connectivity index (χ1v) is 16.3. The average molecular weight is 668 g/mol. The van der Waals surface area contributed by atoms with Gasteiger partial charge >= 0.3 is 0 Å². The third-order valence-electron chi connectivity index (χ3n) is 5.80. The van der Waals surface area contributed by atoms with E-state index in [2.05, 4.69) is 61.2 Å². The zero-order chi connectivity index (χ0) is 36.9. The van der Waals surface area contributed by atoms with E-state index < -0.39 is 41.8 Å². The highest BCUT2D eigenvalue weighted by atomic mass is 16.3. The van der Waals surface area contributed by atoms with E-state index in [4.69, 9.17) is 5.11 Å². The van der Waals surface area contributed by atoms with Gasteiger partial charge in [-0.3, -0.25) is 28.8 Å². The highest BCUT2D eigenvalue weighted by Gasteiger charge is 2.25. The zero-order valence-electron chi connectivity index (χ0n) is 30.1. The molecule has 1 aromatic rings. The largest absolute Gasteiger partial charge is 0.400 e. The van der Waals surface area contributed by atoms with E-state index >= 15 is 0 Å². The zero-order valence-corrected chi connectivity index (χ0v) is 30.1. The molecule has 1 rings (SSSR count). The molecule has 47 heavy (non-hydrogen) atoms. The number of hydrogen-bond donors (Lipinski definition) is 7. The summed E-state index contributed by atoms with van der Waals surface area (Å²) >= 11 is 0. The monoisotopic (exact) mass is 667 g/mol. The van der Waals surface area contributed by atoms with E-state index in [1.54, 1.807) is 39.8 Å². The van der Waals surface area contributed by atoms with Crippen molar-refractivity contribution in [3.63, 3.8) is 0 Å². The number of aliphatic hydroxyl groups excluding tert-OH is 2. The third-order valence-corrected chi connectivity index (χ3v) is 5.80. The summed E-state index contributed by atoms with van der Waals surface area (Å²) in [5.41, 5.74) is 0.534. The Labute approximate surface area is 281 Å². The third kappa shape index (κ3) is 25.0. The van der Waals surface area contributed by atoms with Gasteiger partial charge in [0.05, 0.1) is 19.1 Å². The summed E-state index contributed by atoms with van der Waals surface area (Å²) in [5, 5.41) is 29.8. The minimum atomic E-state index is -1.21. The Hall–Kier alpha value is -3.84. The summed E-state index contributed by atoms with van der Waals surface area (Å²) in [4.78, 5) is 72.0. The van der Waals surface area contributed by atoms with E-state index in [1.165, 1.54) is 25.0 Å². The van der Waals surface area contributed by atoms with Crippen LogP contribution in [0.3, 0.4) is 0 Å². The van der Waals surface area contributed by atoms with Gasteiger partial charge in [-0.1, -0.05) is 80.4 Å². The number of aldehydes is 1. The van der Waals surface area contributed by atoms with E-state index in [0.29, 0.717) is 18.4 Å². The molecular weight excluding hydrogens is 606 g/mol. The summed E-state index contributed by atoms with van der Waals surface area (Å²) < 4.78 is 0. The summed E-state index contributed by atoms with van der Waals surface area (Å²) in [7, 11) is 1.00. The molecule has 13 nitrogen and oxygen atoms in total. The molecule has 0 bridgehead atoms. The molecule has 5 amide bonds. The maximum absolute atomic E-state index is 12.4. The van der Waals surface area contributed by atoms with Gasteiger partial charge in [0.25, 0.3) is 5.91 Å². The molecule has 0 aliphatic heterocycles. The number of nitrogens with one attached hydrogen (secondary N) is 5. The molecule has 0 aliphatic carbocycles. The van der Waals surface area contributed by atoms with Gasteiger partial charge in [-0.2, -0.15) is 0 Å². The van der Waals surface area contributed by atoms with Gasteiger partial charge in [0.1, 0.15) is 18.4 Å². The van der Waals surface area contributed by atoms with Crippen molar-refractivity contribution in [3.8, 4) is 0 Å². The maximum Gasteiger partial charge on any atom is 0.251 e. The first-order valence-electron chi connectivity index (χ1n) is 16.3. The standard InChI is InChI=1S/C25H37N5O7.2C4H10.CH4O/c1-5-19(29-21(34)13-28-23(35)17-9-7-8-16(10-17)14-31)24(36)27-12-18(32)11-20(33)30-22(15(3)4)25(37)26-6-2;1-4(2)3;1-3-4-2;1-2/h7-10,14-15,18-19,22,32H,5-6,11-13H2,1-4H3,(H,26,37)(H,27,36)(H,28,35)(H,29,34)(H,30,33);4H,1-3H3;3-4H2,1-2H3;2H,1H3. The van der Waals surface area contributed by atoms with Crippen LogP contribution in [0.25, 0.3) is 0 Å². The number of carbonyl (C=O) groups excluding carboxylic acids is 6. The quantitative estimate of drug-likeness (QED) is 0.130. The molecule has 0 heterocycles. The van der Waals surface area contributed by atoms with Crippen LogP contribution in [0.2, 0.25) is 0 Å². The first-order chi connectivity index (χ1) is 22.2. The number of unbranched alkanes of at least 4 members (excludes halogenated alkanes) is 1. The van der Waals surface area contributed by atoms with E-state index in [-0.39, 0.29) is 43.3 Å². The Morgan fingerprint density at radius 2 is 1.38 bits per heavy atom. The molecule has 7 N–H and O–H groups in total. The number of rotatable bonds is 16. The second-order valence-corrected chi connectivity index (χ2v) is 11.5. The van der Waals surface area contributed by atoms with Gasteiger partial charge in [-0.05, 0) is 37.3 Å². The number of aliphatic hydroxyl groups is 2. The van der Waals surface area contributed by atoms with Crippen LogP contribution in [0.15, 0.2) is 24.3 Å². The van der Waals surface area contributed by atoms with Crippen molar-refractivity contribution in [1.82, 2.24) is 26.6 Å². The average Bonchev–Trinajstić information content (AvgIpc) is 3.04. The fourth-order valence-corrected chi connectivity index (χ4v) is 3.29. The highest BCUT2D eigenvalue weighted by Crippen LogP contribution is 2.04. The lowest BCUT2D eigenvalue weighted by Gasteiger charge is -2.22. The molecule has 0 spiro atoms. The minimum absolute atomic E-state index is 0.160. The Morgan fingerprint density at radius 3 is 1.85 bits per heavy atom. The van der Waals surface area contributed by atoms with Gasteiger partial charge in [-0.25, -0.2) is 0 Å². The molecule has 0 aliphatic rings. The summed E-state index contributed by atoms with van der Waals surface area (Å²) in [6, 6.07) is 4.29. The Morgan fingerprint density at radius 1 is 0.809 bits per heavy atom. The number of benzene rings is 1. The van der Waals surface area contributed by atoms with Crippen LogP contribution < -0.4 is 26.6 Å². The lowest BCUT2D eigenvalue weighted by atomic mass is 10.0. The summed E-state index contributed by atoms with van der Waals surface area (Å²) in [6.07, 6.45) is 1.95. The van der Waals surface area contributed by atoms with Crippen molar-refractivity contribution in [3.05, 3.63) is 35.4 Å². The van der Waals surface area contributed by atoms with Crippen LogP contribution in [-0.2, 0) is 19.2 Å². The molecule has 0 saturated carbocycles. The minimum Gasteiger partial charge on any atom is -0.400 e. The molecule has 0 fully saturated rings. The maximum atomic E-state index is 12.4. The Balaban J connectivity index is -0.00000170. The predicted molar refractivity (Wildman–Crippen MR) is 185 cm³/mol. The van der Waals surface area contributed by atoms with Crippen molar-refractivity contribution in [2.24, 2.45) is 11.8 Å².